The molecular weight excluding hydrogens is 855 g/mol. The molecular formula is C33H52I2NV2Y-5. The normalized spacial score (nSPS) is 11.5. The molecule has 0 saturated carbocycles. The van der Waals surface area contributed by atoms with Gasteiger partial charge in [-0.15, -0.1) is 12.6 Å². The summed E-state index contributed by atoms with van der Waals surface area (Å²) in [6.45, 7) is 32.0. The third-order valence-electron chi connectivity index (χ3n) is 8.30. The summed E-state index contributed by atoms with van der Waals surface area (Å²) in [7, 11) is 0. The molecule has 2 atom stereocenters. The third kappa shape index (κ3) is 14.2. The maximum absolute atomic E-state index is 5.05. The SMILES string of the molecule is Cc1[c-]c(C)c(C)c(C)c1C.Cc1c(C)c(C)c(C(C)[N-]CC(C)(C)C(C)[CH-]I)c(C)c1C.[CH2-]I.[CH3-].[V].[V].[Y]. The van der Waals surface area contributed by atoms with Gasteiger partial charge in [0.05, 0.1) is 0 Å². The number of rotatable bonds is 6. The number of nitrogens with zero attached hydrogens (tertiary/aromatic N) is 1. The molecule has 0 spiro atoms. The summed E-state index contributed by atoms with van der Waals surface area (Å²) in [5.41, 5.74) is 15.5. The van der Waals surface area contributed by atoms with E-state index in [1.165, 1.54) is 61.2 Å². The molecule has 1 nitrogen and oxygen atoms in total. The Labute approximate surface area is 321 Å². The van der Waals surface area contributed by atoms with Crippen molar-refractivity contribution in [1.82, 2.24) is 0 Å². The van der Waals surface area contributed by atoms with Gasteiger partial charge in [-0.05, 0) is 62.4 Å². The van der Waals surface area contributed by atoms with E-state index >= 15 is 0 Å². The summed E-state index contributed by atoms with van der Waals surface area (Å²) in [5, 5.41) is 5.05. The van der Waals surface area contributed by atoms with Crippen LogP contribution in [-0.4, -0.2) is 6.54 Å². The molecule has 0 amide bonds. The summed E-state index contributed by atoms with van der Waals surface area (Å²) in [5.74, 6) is 0.563. The monoisotopic (exact) mass is 907 g/mol. The molecule has 2 rings (SSSR count). The van der Waals surface area contributed by atoms with Gasteiger partial charge in [-0.2, -0.15) is 39.8 Å². The molecule has 0 saturated heterocycles. The van der Waals surface area contributed by atoms with Crippen molar-refractivity contribution in [3.05, 3.63) is 89.4 Å². The molecule has 0 fully saturated rings. The van der Waals surface area contributed by atoms with Crippen LogP contribution in [0, 0.1) is 103 Å². The Bertz CT molecular complexity index is 935. The summed E-state index contributed by atoms with van der Waals surface area (Å²) >= 11 is 4.26. The van der Waals surface area contributed by atoms with E-state index in [1.807, 2.05) is 22.6 Å². The molecule has 221 valence electrons. The molecule has 0 N–H and O–H groups in total. The molecule has 2 aromatic carbocycles. The average molecular weight is 907 g/mol. The first-order chi connectivity index (χ1) is 16.1. The molecule has 39 heavy (non-hydrogen) atoms. The zero-order valence-corrected chi connectivity index (χ0v) is 37.3. The number of hydrogen-bond acceptors (Lipinski definition) is 0. The summed E-state index contributed by atoms with van der Waals surface area (Å²) < 4.78 is 2.26. The number of benzene rings is 2. The van der Waals surface area contributed by atoms with Gasteiger partial charge in [-0.3, -0.25) is 9.36 Å². The summed E-state index contributed by atoms with van der Waals surface area (Å²) in [6, 6.07) is 3.61. The van der Waals surface area contributed by atoms with Crippen LogP contribution in [0.3, 0.4) is 0 Å². The van der Waals surface area contributed by atoms with Crippen molar-refractivity contribution >= 4 is 45.2 Å². The Kier molecular flexibility index (Phi) is 30.6. The molecule has 2 aromatic rings. The van der Waals surface area contributed by atoms with E-state index in [-0.39, 0.29) is 88.7 Å². The molecule has 2 unspecified atom stereocenters. The zero-order chi connectivity index (χ0) is 27.8. The van der Waals surface area contributed by atoms with Crippen LogP contribution in [-0.2, 0) is 69.8 Å². The van der Waals surface area contributed by atoms with Crippen LogP contribution < -0.4 is 0 Å². The third-order valence-corrected chi connectivity index (χ3v) is 9.37. The van der Waals surface area contributed by atoms with E-state index in [1.54, 1.807) is 0 Å². The van der Waals surface area contributed by atoms with Crippen LogP contribution in [0.4, 0.5) is 0 Å². The van der Waals surface area contributed by atoms with Crippen molar-refractivity contribution < 1.29 is 69.8 Å². The number of hydrogen-bond donors (Lipinski definition) is 0. The molecule has 0 aliphatic carbocycles. The minimum atomic E-state index is 0. The van der Waals surface area contributed by atoms with E-state index < -0.39 is 0 Å². The van der Waals surface area contributed by atoms with Crippen LogP contribution in [0.1, 0.15) is 94.9 Å². The second kappa shape index (κ2) is 23.5. The van der Waals surface area contributed by atoms with E-state index in [4.69, 9.17) is 5.32 Å². The zero-order valence-electron chi connectivity index (χ0n) is 27.3. The molecule has 0 aromatic heterocycles. The fraction of sp³-hybridized carbons (Fsp3) is 0.545. The fourth-order valence-electron chi connectivity index (χ4n) is 4.25. The first-order valence-corrected chi connectivity index (χ1v) is 15.3. The van der Waals surface area contributed by atoms with Gasteiger partial charge in [0, 0.05) is 69.8 Å². The molecule has 0 heterocycles. The Morgan fingerprint density at radius 3 is 1.36 bits per heavy atom. The van der Waals surface area contributed by atoms with Gasteiger partial charge >= 0.3 is 0 Å². The molecule has 3 radical (unpaired) electrons. The van der Waals surface area contributed by atoms with Crippen molar-refractivity contribution in [2.24, 2.45) is 11.3 Å². The van der Waals surface area contributed by atoms with Crippen molar-refractivity contribution in [2.45, 2.75) is 103 Å². The maximum Gasteiger partial charge on any atom is 0 e. The molecule has 0 aliphatic rings. The van der Waals surface area contributed by atoms with Gasteiger partial charge in [0.1, 0.15) is 0 Å². The Hall–Kier alpha value is 2.13. The van der Waals surface area contributed by atoms with Gasteiger partial charge < -0.3 is 57.9 Å². The van der Waals surface area contributed by atoms with Crippen molar-refractivity contribution in [3.8, 4) is 0 Å². The van der Waals surface area contributed by atoms with Gasteiger partial charge in [0.2, 0.25) is 0 Å². The van der Waals surface area contributed by atoms with Crippen LogP contribution in [0.15, 0.2) is 0 Å². The van der Waals surface area contributed by atoms with E-state index in [0.29, 0.717) is 5.92 Å². The summed E-state index contributed by atoms with van der Waals surface area (Å²) in [6.07, 6.45) is 0. The van der Waals surface area contributed by atoms with Crippen LogP contribution >= 0.6 is 45.2 Å². The van der Waals surface area contributed by atoms with Gasteiger partial charge in [0.25, 0.3) is 0 Å². The number of halogens is 2. The maximum atomic E-state index is 5.05. The predicted molar refractivity (Wildman–Crippen MR) is 183 cm³/mol. The topological polar surface area (TPSA) is 14.1 Å². The van der Waals surface area contributed by atoms with E-state index in [2.05, 4.69) is 135 Å². The molecule has 0 bridgehead atoms. The Balaban J connectivity index is -0.000000194. The van der Waals surface area contributed by atoms with E-state index in [0.717, 1.165) is 6.54 Å². The second-order valence-corrected chi connectivity index (χ2v) is 11.4. The number of aryl methyl sites for hydroxylation is 2. The van der Waals surface area contributed by atoms with Gasteiger partial charge in [0.15, 0.2) is 0 Å². The Morgan fingerprint density at radius 2 is 1.03 bits per heavy atom. The van der Waals surface area contributed by atoms with Gasteiger partial charge in [-0.25, -0.2) is 0 Å². The Morgan fingerprint density at radius 1 is 0.718 bits per heavy atom. The van der Waals surface area contributed by atoms with E-state index in [9.17, 15) is 0 Å². The molecule has 0 aliphatic heterocycles. The minimum absolute atomic E-state index is 0. The largest absolute Gasteiger partial charge is 0.656 e. The van der Waals surface area contributed by atoms with Crippen molar-refractivity contribution in [2.75, 3.05) is 6.54 Å². The van der Waals surface area contributed by atoms with Crippen LogP contribution in [0.2, 0.25) is 0 Å². The first-order valence-electron chi connectivity index (χ1n) is 12.5. The first kappa shape index (κ1) is 50.7. The fourth-order valence-corrected chi connectivity index (χ4v) is 5.22. The molecule has 6 heteroatoms. The van der Waals surface area contributed by atoms with Crippen molar-refractivity contribution in [3.63, 3.8) is 0 Å². The van der Waals surface area contributed by atoms with Gasteiger partial charge in [-0.1, -0.05) is 73.3 Å². The smallest absolute Gasteiger partial charge is 0 e. The second-order valence-electron chi connectivity index (χ2n) is 10.7. The minimum Gasteiger partial charge on any atom is -0.656 e. The van der Waals surface area contributed by atoms with Crippen LogP contribution in [0.25, 0.3) is 5.32 Å². The predicted octanol–water partition coefficient (Wildman–Crippen LogP) is 11.6. The van der Waals surface area contributed by atoms with Crippen molar-refractivity contribution in [1.29, 1.82) is 0 Å². The quantitative estimate of drug-likeness (QED) is 0.203. The standard InChI is InChI=1S/C20H32IN.C11H15.CH2I.CH3.2V.Y/c1-12(10-21)20(8,9)11-22-18(7)19-16(5)14(3)13(2)15(4)17(19)6;1-7-6-8(2)10(4)11(5)9(7)3;1-2;;;;/h10,12,18H,11H2,1-9H3;1-5H3;1H2;1H3;;;/q-2;3*-1;;;. The summed E-state index contributed by atoms with van der Waals surface area (Å²) in [4.78, 5) is 3.22. The van der Waals surface area contributed by atoms with Crippen LogP contribution in [0.5, 0.6) is 0 Å². The average Bonchev–Trinajstić information content (AvgIpc) is 2.83.